The Balaban J connectivity index is 1.70. The van der Waals surface area contributed by atoms with Gasteiger partial charge in [-0.1, -0.05) is 29.8 Å². The van der Waals surface area contributed by atoms with E-state index >= 15 is 0 Å². The third-order valence-corrected chi connectivity index (χ3v) is 6.17. The van der Waals surface area contributed by atoms with Gasteiger partial charge in [0, 0.05) is 35.1 Å². The molecule has 5 heterocycles. The van der Waals surface area contributed by atoms with Crippen LogP contribution in [0.3, 0.4) is 0 Å². The molecule has 3 nitrogen and oxygen atoms in total. The first-order chi connectivity index (χ1) is 10.8. The van der Waals surface area contributed by atoms with Crippen molar-refractivity contribution in [1.82, 2.24) is 9.88 Å². The Morgan fingerprint density at radius 3 is 3.00 bits per heavy atom. The monoisotopic (exact) mass is 292 g/mol. The van der Waals surface area contributed by atoms with Crippen LogP contribution in [-0.2, 0) is 11.2 Å². The summed E-state index contributed by atoms with van der Waals surface area (Å²) in [6.07, 6.45) is 5.54. The predicted molar refractivity (Wildman–Crippen MR) is 86.7 cm³/mol. The molecule has 4 aliphatic heterocycles. The van der Waals surface area contributed by atoms with Crippen LogP contribution >= 0.6 is 0 Å². The van der Waals surface area contributed by atoms with Gasteiger partial charge in [0.25, 0.3) is 0 Å². The summed E-state index contributed by atoms with van der Waals surface area (Å²) >= 11 is 0. The Morgan fingerprint density at radius 1 is 1.32 bits per heavy atom. The zero-order valence-corrected chi connectivity index (χ0v) is 12.8. The van der Waals surface area contributed by atoms with Crippen molar-refractivity contribution in [3.05, 3.63) is 47.2 Å². The number of allylic oxidation sites excluding steroid dienone is 1. The fraction of sp³-hybridized carbons (Fsp3) is 0.421. The number of rotatable bonds is 1. The molecule has 3 fully saturated rings. The highest BCUT2D eigenvalue weighted by Crippen LogP contribution is 2.53. The SMILES string of the molecule is C/C=C1/CN2[C@H]3C[C@@H]1[C@@H](C=O)[C@@H]2Cc1c3[nH]c2ccccc12. The number of nitrogens with one attached hydrogen (secondary N) is 1. The molecule has 0 spiro atoms. The molecule has 0 amide bonds. The zero-order valence-electron chi connectivity index (χ0n) is 12.8. The molecule has 4 bridgehead atoms. The van der Waals surface area contributed by atoms with Gasteiger partial charge in [-0.3, -0.25) is 4.90 Å². The number of carbonyl (C=O) groups excluding carboxylic acids is 1. The summed E-state index contributed by atoms with van der Waals surface area (Å²) in [4.78, 5) is 18.0. The van der Waals surface area contributed by atoms with E-state index in [1.807, 2.05) is 0 Å². The topological polar surface area (TPSA) is 36.1 Å². The molecule has 0 aliphatic carbocycles. The molecule has 3 heteroatoms. The van der Waals surface area contributed by atoms with Crippen molar-refractivity contribution >= 4 is 17.2 Å². The average Bonchev–Trinajstić information content (AvgIpc) is 2.93. The van der Waals surface area contributed by atoms with Crippen molar-refractivity contribution in [3.63, 3.8) is 0 Å². The number of aromatic amines is 1. The van der Waals surface area contributed by atoms with E-state index in [0.717, 1.165) is 19.4 Å². The highest BCUT2D eigenvalue weighted by molar-refractivity contribution is 5.85. The first-order valence-corrected chi connectivity index (χ1v) is 8.27. The van der Waals surface area contributed by atoms with Gasteiger partial charge < -0.3 is 9.78 Å². The van der Waals surface area contributed by atoms with E-state index in [-0.39, 0.29) is 5.92 Å². The van der Waals surface area contributed by atoms with Crippen molar-refractivity contribution in [1.29, 1.82) is 0 Å². The molecule has 1 aromatic heterocycles. The first kappa shape index (κ1) is 12.7. The summed E-state index contributed by atoms with van der Waals surface area (Å²) in [5.74, 6) is 0.611. The number of carbonyl (C=O) groups is 1. The number of H-pyrrole nitrogens is 1. The number of aldehydes is 1. The van der Waals surface area contributed by atoms with Crippen LogP contribution in [0, 0.1) is 11.8 Å². The summed E-state index contributed by atoms with van der Waals surface area (Å²) in [5.41, 5.74) is 5.56. The molecule has 1 aromatic carbocycles. The normalized spacial score (nSPS) is 37.5. The van der Waals surface area contributed by atoms with Gasteiger partial charge in [0.1, 0.15) is 6.29 Å². The lowest BCUT2D eigenvalue weighted by Gasteiger charge is -2.57. The minimum Gasteiger partial charge on any atom is -0.357 e. The van der Waals surface area contributed by atoms with Gasteiger partial charge in [0.05, 0.1) is 6.04 Å². The van der Waals surface area contributed by atoms with Gasteiger partial charge in [0.2, 0.25) is 0 Å². The maximum atomic E-state index is 11.8. The molecule has 2 aromatic rings. The largest absolute Gasteiger partial charge is 0.357 e. The Hall–Kier alpha value is -1.87. The van der Waals surface area contributed by atoms with E-state index < -0.39 is 0 Å². The van der Waals surface area contributed by atoms with E-state index in [9.17, 15) is 4.79 Å². The molecule has 112 valence electrons. The van der Waals surface area contributed by atoms with Crippen LogP contribution in [0.25, 0.3) is 10.9 Å². The molecule has 0 saturated carbocycles. The lowest BCUT2D eigenvalue weighted by Crippen LogP contribution is -2.60. The van der Waals surface area contributed by atoms with Gasteiger partial charge in [-0.05, 0) is 37.3 Å². The van der Waals surface area contributed by atoms with E-state index in [4.69, 9.17) is 0 Å². The third-order valence-electron chi connectivity index (χ3n) is 6.17. The van der Waals surface area contributed by atoms with Crippen molar-refractivity contribution in [2.75, 3.05) is 6.54 Å². The van der Waals surface area contributed by atoms with Crippen molar-refractivity contribution < 1.29 is 4.79 Å². The smallest absolute Gasteiger partial charge is 0.125 e. The number of piperidine rings is 3. The van der Waals surface area contributed by atoms with Crippen LogP contribution in [0.4, 0.5) is 0 Å². The lowest BCUT2D eigenvalue weighted by molar-refractivity contribution is -0.121. The summed E-state index contributed by atoms with van der Waals surface area (Å²) in [6, 6.07) is 9.44. The van der Waals surface area contributed by atoms with E-state index in [1.54, 1.807) is 0 Å². The quantitative estimate of drug-likeness (QED) is 0.647. The Bertz CT molecular complexity index is 803. The molecule has 4 aliphatic rings. The minimum absolute atomic E-state index is 0.165. The zero-order chi connectivity index (χ0) is 14.8. The highest BCUT2D eigenvalue weighted by Gasteiger charge is 2.52. The van der Waals surface area contributed by atoms with Gasteiger partial charge in [-0.2, -0.15) is 0 Å². The molecule has 22 heavy (non-hydrogen) atoms. The van der Waals surface area contributed by atoms with Gasteiger partial charge in [-0.15, -0.1) is 0 Å². The van der Waals surface area contributed by atoms with Crippen molar-refractivity contribution in [2.45, 2.75) is 31.8 Å². The number of benzene rings is 1. The summed E-state index contributed by atoms with van der Waals surface area (Å²) in [7, 11) is 0. The number of hydrogen-bond donors (Lipinski definition) is 1. The van der Waals surface area contributed by atoms with Crippen LogP contribution in [-0.4, -0.2) is 28.8 Å². The second-order valence-electron chi connectivity index (χ2n) is 6.94. The Morgan fingerprint density at radius 2 is 2.18 bits per heavy atom. The molecule has 0 radical (unpaired) electrons. The van der Waals surface area contributed by atoms with E-state index in [2.05, 4.69) is 47.1 Å². The molecular weight excluding hydrogens is 272 g/mol. The molecule has 1 N–H and O–H groups in total. The summed E-state index contributed by atoms with van der Waals surface area (Å²) in [5, 5.41) is 1.35. The van der Waals surface area contributed by atoms with Gasteiger partial charge >= 0.3 is 0 Å². The molecule has 1 unspecified atom stereocenters. The number of aromatic nitrogens is 1. The standard InChI is InChI=1S/C19H20N2O/c1-2-11-9-21-17-8-14-12-5-3-4-6-16(12)20-19(14)18(21)7-13(11)15(17)10-22/h2-6,10,13,15,17-18,20H,7-9H2,1H3/b11-2-/t13-,15+,17-,18-/m0/s1. The minimum atomic E-state index is 0.165. The average molecular weight is 292 g/mol. The fourth-order valence-corrected chi connectivity index (χ4v) is 5.17. The van der Waals surface area contributed by atoms with Crippen molar-refractivity contribution in [2.24, 2.45) is 11.8 Å². The first-order valence-electron chi connectivity index (χ1n) is 8.27. The number of hydrogen-bond acceptors (Lipinski definition) is 2. The number of fused-ring (bicyclic) bond motifs is 4. The maximum Gasteiger partial charge on any atom is 0.125 e. The second-order valence-corrected chi connectivity index (χ2v) is 6.94. The second kappa shape index (κ2) is 4.32. The Kier molecular flexibility index (Phi) is 2.49. The van der Waals surface area contributed by atoms with Crippen LogP contribution in [0.2, 0.25) is 0 Å². The van der Waals surface area contributed by atoms with Gasteiger partial charge in [-0.25, -0.2) is 0 Å². The van der Waals surface area contributed by atoms with Gasteiger partial charge in [0.15, 0.2) is 0 Å². The molecule has 6 rings (SSSR count). The van der Waals surface area contributed by atoms with Crippen molar-refractivity contribution in [3.8, 4) is 0 Å². The fourth-order valence-electron chi connectivity index (χ4n) is 5.17. The predicted octanol–water partition coefficient (Wildman–Crippen LogP) is 3.23. The number of para-hydroxylation sites is 1. The van der Waals surface area contributed by atoms with Crippen LogP contribution in [0.15, 0.2) is 35.9 Å². The summed E-state index contributed by atoms with van der Waals surface area (Å²) < 4.78 is 0. The molecular formula is C19H20N2O. The highest BCUT2D eigenvalue weighted by atomic mass is 16.1. The Labute approximate surface area is 130 Å². The number of nitrogens with zero attached hydrogens (tertiary/aromatic N) is 1. The third kappa shape index (κ3) is 1.42. The summed E-state index contributed by atoms with van der Waals surface area (Å²) in [6.45, 7) is 3.15. The lowest BCUT2D eigenvalue weighted by atomic mass is 9.64. The van der Waals surface area contributed by atoms with Crippen LogP contribution < -0.4 is 0 Å². The van der Waals surface area contributed by atoms with E-state index in [0.29, 0.717) is 18.0 Å². The molecule has 5 atom stereocenters. The van der Waals surface area contributed by atoms with Crippen LogP contribution in [0.1, 0.15) is 30.6 Å². The maximum absolute atomic E-state index is 11.8. The van der Waals surface area contributed by atoms with Crippen LogP contribution in [0.5, 0.6) is 0 Å². The molecule has 3 saturated heterocycles. The van der Waals surface area contributed by atoms with E-state index in [1.165, 1.54) is 34.0 Å².